The van der Waals surface area contributed by atoms with Crippen molar-refractivity contribution >= 4 is 11.8 Å². The second-order valence-corrected chi connectivity index (χ2v) is 4.74. The van der Waals surface area contributed by atoms with E-state index in [9.17, 15) is 14.0 Å². The maximum atomic E-state index is 14.6. The molecule has 0 aromatic heterocycles. The minimum atomic E-state index is -2.53. The Morgan fingerprint density at radius 2 is 2.06 bits per heavy atom. The lowest BCUT2D eigenvalue weighted by molar-refractivity contribution is -0.158. The molecule has 0 fully saturated rings. The minimum absolute atomic E-state index is 0.144. The molecule has 0 saturated heterocycles. The molecule has 0 aliphatic heterocycles. The molecule has 1 atom stereocenters. The fourth-order valence-corrected chi connectivity index (χ4v) is 2.10. The van der Waals surface area contributed by atoms with E-state index in [2.05, 4.69) is 0 Å². The van der Waals surface area contributed by atoms with Crippen molar-refractivity contribution in [2.45, 2.75) is 38.5 Å². The highest BCUT2D eigenvalue weighted by molar-refractivity contribution is 6.16. The molecule has 1 aliphatic carbocycles. The molecule has 0 heterocycles. The van der Waals surface area contributed by atoms with Gasteiger partial charge in [0.05, 0.1) is 6.10 Å². The number of Topliss-reactive ketones (excluding diaryl/α,β-unsaturated/α-hetero) is 1. The van der Waals surface area contributed by atoms with Gasteiger partial charge >= 0.3 is 5.97 Å². The van der Waals surface area contributed by atoms with Crippen LogP contribution in [0.3, 0.4) is 0 Å². The van der Waals surface area contributed by atoms with Gasteiger partial charge in [-0.1, -0.05) is 24.3 Å². The third-order valence-corrected chi connectivity index (χ3v) is 3.03. The maximum absolute atomic E-state index is 14.6. The maximum Gasteiger partial charge on any atom is 0.352 e. The Morgan fingerprint density at radius 3 is 2.72 bits per heavy atom. The number of hydrogen-bond acceptors (Lipinski definition) is 3. The van der Waals surface area contributed by atoms with Gasteiger partial charge in [-0.25, -0.2) is 9.18 Å². The Kier molecular flexibility index (Phi) is 3.20. The summed E-state index contributed by atoms with van der Waals surface area (Å²) in [6.45, 7) is 3.25. The summed E-state index contributed by atoms with van der Waals surface area (Å²) >= 11 is 0. The smallest absolute Gasteiger partial charge is 0.352 e. The molecule has 0 saturated carbocycles. The van der Waals surface area contributed by atoms with Gasteiger partial charge in [0.1, 0.15) is 0 Å². The van der Waals surface area contributed by atoms with Crippen LogP contribution in [0.5, 0.6) is 0 Å². The Morgan fingerprint density at radius 1 is 1.39 bits per heavy atom. The van der Waals surface area contributed by atoms with Gasteiger partial charge in [-0.15, -0.1) is 0 Å². The average Bonchev–Trinajstić information content (AvgIpc) is 2.33. The fourth-order valence-electron chi connectivity index (χ4n) is 2.10. The number of esters is 1. The molecule has 0 N–H and O–H groups in total. The molecule has 18 heavy (non-hydrogen) atoms. The molecule has 1 aromatic rings. The molecule has 4 heteroatoms. The highest BCUT2D eigenvalue weighted by atomic mass is 19.1. The van der Waals surface area contributed by atoms with Crippen LogP contribution in [0, 0.1) is 0 Å². The average molecular weight is 250 g/mol. The van der Waals surface area contributed by atoms with Crippen LogP contribution in [0.1, 0.15) is 36.2 Å². The first kappa shape index (κ1) is 12.7. The van der Waals surface area contributed by atoms with Gasteiger partial charge in [-0.2, -0.15) is 0 Å². The number of ether oxygens (including phenoxy) is 1. The quantitative estimate of drug-likeness (QED) is 0.598. The van der Waals surface area contributed by atoms with Crippen LogP contribution < -0.4 is 0 Å². The van der Waals surface area contributed by atoms with Crippen LogP contribution in [0.15, 0.2) is 24.3 Å². The van der Waals surface area contributed by atoms with Crippen molar-refractivity contribution in [3.05, 3.63) is 35.4 Å². The van der Waals surface area contributed by atoms with Crippen molar-refractivity contribution in [1.29, 1.82) is 0 Å². The zero-order valence-electron chi connectivity index (χ0n) is 10.4. The molecule has 0 spiro atoms. The number of aryl methyl sites for hydroxylation is 1. The summed E-state index contributed by atoms with van der Waals surface area (Å²) in [6.07, 6.45) is -0.213. The number of benzene rings is 1. The third kappa shape index (κ3) is 2.03. The van der Waals surface area contributed by atoms with Crippen LogP contribution in [0.4, 0.5) is 4.39 Å². The lowest BCUT2D eigenvalue weighted by Gasteiger charge is -2.28. The van der Waals surface area contributed by atoms with Crippen molar-refractivity contribution < 1.29 is 18.7 Å². The Hall–Kier alpha value is -1.71. The summed E-state index contributed by atoms with van der Waals surface area (Å²) in [4.78, 5) is 23.8. The number of ketones is 1. The summed E-state index contributed by atoms with van der Waals surface area (Å²) in [5, 5.41) is 0. The first-order valence-corrected chi connectivity index (χ1v) is 5.98. The van der Waals surface area contributed by atoms with Gasteiger partial charge in [-0.3, -0.25) is 4.79 Å². The van der Waals surface area contributed by atoms with Crippen molar-refractivity contribution in [1.82, 2.24) is 0 Å². The van der Waals surface area contributed by atoms with E-state index in [1.54, 1.807) is 38.1 Å². The van der Waals surface area contributed by atoms with E-state index < -0.39 is 23.5 Å². The zero-order valence-corrected chi connectivity index (χ0v) is 10.4. The molecular weight excluding hydrogens is 235 g/mol. The van der Waals surface area contributed by atoms with Crippen LogP contribution in [0.2, 0.25) is 0 Å². The molecule has 1 unspecified atom stereocenters. The topological polar surface area (TPSA) is 43.4 Å². The molecule has 0 amide bonds. The lowest BCUT2D eigenvalue weighted by atomic mass is 9.80. The minimum Gasteiger partial charge on any atom is -0.460 e. The zero-order chi connectivity index (χ0) is 13.3. The molecule has 1 aromatic carbocycles. The highest BCUT2D eigenvalue weighted by Crippen LogP contribution is 2.33. The molecule has 1 aliphatic rings. The highest BCUT2D eigenvalue weighted by Gasteiger charge is 2.51. The number of hydrogen-bond donors (Lipinski definition) is 0. The van der Waals surface area contributed by atoms with E-state index in [0.29, 0.717) is 6.42 Å². The number of carbonyl (C=O) groups excluding carboxylic acids is 2. The van der Waals surface area contributed by atoms with Crippen LogP contribution in [-0.2, 0) is 16.0 Å². The van der Waals surface area contributed by atoms with E-state index >= 15 is 0 Å². The first-order valence-electron chi connectivity index (χ1n) is 5.98. The molecule has 0 radical (unpaired) electrons. The van der Waals surface area contributed by atoms with Gasteiger partial charge in [0.25, 0.3) is 5.67 Å². The van der Waals surface area contributed by atoms with Crippen LogP contribution in [0.25, 0.3) is 0 Å². The number of fused-ring (bicyclic) bond motifs is 1. The van der Waals surface area contributed by atoms with Gasteiger partial charge < -0.3 is 4.74 Å². The third-order valence-electron chi connectivity index (χ3n) is 3.03. The van der Waals surface area contributed by atoms with Crippen LogP contribution >= 0.6 is 0 Å². The predicted molar refractivity (Wildman–Crippen MR) is 64.2 cm³/mol. The summed E-state index contributed by atoms with van der Waals surface area (Å²) < 4.78 is 19.4. The number of alkyl halides is 1. The van der Waals surface area contributed by atoms with Gasteiger partial charge in [0.2, 0.25) is 5.78 Å². The van der Waals surface area contributed by atoms with Gasteiger partial charge in [-0.05, 0) is 25.8 Å². The van der Waals surface area contributed by atoms with Crippen LogP contribution in [-0.4, -0.2) is 23.5 Å². The molecule has 0 bridgehead atoms. The standard InChI is InChI=1S/C14H15FO3/c1-9(2)18-13(17)14(15)8-7-10-5-3-4-6-11(10)12(14)16/h3-6,9H,7-8H2,1-2H3. The second-order valence-electron chi connectivity index (χ2n) is 4.74. The summed E-state index contributed by atoms with van der Waals surface area (Å²) in [6, 6.07) is 6.79. The Bertz CT molecular complexity index is 496. The van der Waals surface area contributed by atoms with Gasteiger partial charge in [0.15, 0.2) is 0 Å². The van der Waals surface area contributed by atoms with Crippen molar-refractivity contribution in [3.63, 3.8) is 0 Å². The normalized spacial score (nSPS) is 22.8. The molecular formula is C14H15FO3. The summed E-state index contributed by atoms with van der Waals surface area (Å²) in [7, 11) is 0. The predicted octanol–water partition coefficient (Wildman–Crippen LogP) is 2.48. The van der Waals surface area contributed by atoms with E-state index in [1.807, 2.05) is 0 Å². The Balaban J connectivity index is 2.33. The monoisotopic (exact) mass is 250 g/mol. The summed E-state index contributed by atoms with van der Waals surface area (Å²) in [5.41, 5.74) is -1.46. The lowest BCUT2D eigenvalue weighted by Crippen LogP contribution is -2.47. The van der Waals surface area contributed by atoms with E-state index in [1.165, 1.54) is 0 Å². The number of halogens is 1. The summed E-state index contributed by atoms with van der Waals surface area (Å²) in [5.74, 6) is -1.85. The molecule has 2 rings (SSSR count). The van der Waals surface area contributed by atoms with E-state index in [4.69, 9.17) is 4.74 Å². The van der Waals surface area contributed by atoms with Crippen molar-refractivity contribution in [2.24, 2.45) is 0 Å². The molecule has 3 nitrogen and oxygen atoms in total. The Labute approximate surface area is 105 Å². The largest absolute Gasteiger partial charge is 0.460 e. The number of carbonyl (C=O) groups is 2. The van der Waals surface area contributed by atoms with E-state index in [-0.39, 0.29) is 12.0 Å². The fraction of sp³-hybridized carbons (Fsp3) is 0.429. The van der Waals surface area contributed by atoms with E-state index in [0.717, 1.165) is 5.56 Å². The molecule has 96 valence electrons. The number of rotatable bonds is 2. The second kappa shape index (κ2) is 4.52. The SMILES string of the molecule is CC(C)OC(=O)C1(F)CCc2ccccc2C1=O. The van der Waals surface area contributed by atoms with Crippen molar-refractivity contribution in [2.75, 3.05) is 0 Å². The van der Waals surface area contributed by atoms with Crippen molar-refractivity contribution in [3.8, 4) is 0 Å². The van der Waals surface area contributed by atoms with Gasteiger partial charge in [0, 0.05) is 12.0 Å². The first-order chi connectivity index (χ1) is 8.45.